The quantitative estimate of drug-likeness (QED) is 0.137. The Morgan fingerprint density at radius 1 is 1.07 bits per heavy atom. The number of amides is 1. The molecule has 3 N–H and O–H groups in total. The summed E-state index contributed by atoms with van der Waals surface area (Å²) in [5.74, 6) is -0.944. The Hall–Kier alpha value is -4.97. The maximum absolute atomic E-state index is 12.7. The molecule has 3 aromatic rings. The van der Waals surface area contributed by atoms with Crippen LogP contribution < -0.4 is 20.8 Å². The predicted octanol–water partition coefficient (Wildman–Crippen LogP) is 3.77. The van der Waals surface area contributed by atoms with Gasteiger partial charge in [0.2, 0.25) is 0 Å². The lowest BCUT2D eigenvalue weighted by molar-refractivity contribution is -0.139. The maximum atomic E-state index is 12.7. The van der Waals surface area contributed by atoms with Crippen molar-refractivity contribution in [3.8, 4) is 11.4 Å². The first-order valence-corrected chi connectivity index (χ1v) is 13.9. The number of nitrogens with zero attached hydrogens (tertiary/aromatic N) is 2. The third-order valence-corrected chi connectivity index (χ3v) is 6.98. The molecule has 0 unspecified atom stereocenters. The van der Waals surface area contributed by atoms with Gasteiger partial charge in [0.15, 0.2) is 11.7 Å². The Bertz CT molecular complexity index is 1610. The van der Waals surface area contributed by atoms with Crippen molar-refractivity contribution in [3.63, 3.8) is 0 Å². The second kappa shape index (κ2) is 13.8. The number of nitrogens with one attached hydrogen (secondary N) is 3. The van der Waals surface area contributed by atoms with Gasteiger partial charge < -0.3 is 29.4 Å². The van der Waals surface area contributed by atoms with Gasteiger partial charge in [-0.2, -0.15) is 5.10 Å². The van der Waals surface area contributed by atoms with Crippen LogP contribution in [0.15, 0.2) is 71.0 Å². The highest BCUT2D eigenvalue weighted by Crippen LogP contribution is 2.33. The van der Waals surface area contributed by atoms with Gasteiger partial charge in [0.05, 0.1) is 37.1 Å². The fraction of sp³-hybridized carbons (Fsp3) is 0.258. The third kappa shape index (κ3) is 7.09. The average Bonchev–Trinajstić information content (AvgIpc) is 3.27. The topological polar surface area (TPSA) is 132 Å². The molecular formula is C31H33N5O6S. The minimum absolute atomic E-state index is 0.222. The standard InChI is InChI=1S/C31H33N5O6S/c1-6-41-30(39)27-19(3)33-31(43)34-28(27)24-9-7-8-10-25(24)42-17-26(37)35-32-16-22-15-18(2)36(20(22)4)23-13-11-21(12-14-23)29(38)40-5/h7-16,28H,6,17H2,1-5H3,(H,35,37)(H2,33,34,43)/t28-/m0/s1. The molecule has 224 valence electrons. The summed E-state index contributed by atoms with van der Waals surface area (Å²) < 4.78 is 17.9. The normalized spacial score (nSPS) is 14.6. The highest BCUT2D eigenvalue weighted by molar-refractivity contribution is 7.80. The Morgan fingerprint density at radius 3 is 2.49 bits per heavy atom. The number of thiocarbonyl (C=S) groups is 1. The van der Waals surface area contributed by atoms with Gasteiger partial charge in [-0.05, 0) is 76.3 Å². The van der Waals surface area contributed by atoms with Crippen LogP contribution in [0.5, 0.6) is 5.75 Å². The number of esters is 2. The number of methoxy groups -OCH3 is 1. The number of hydrazone groups is 1. The maximum Gasteiger partial charge on any atom is 0.338 e. The number of aryl methyl sites for hydroxylation is 1. The summed E-state index contributed by atoms with van der Waals surface area (Å²) in [7, 11) is 1.34. The van der Waals surface area contributed by atoms with Crippen LogP contribution in [0.4, 0.5) is 0 Å². The van der Waals surface area contributed by atoms with Gasteiger partial charge in [0.1, 0.15) is 5.75 Å². The lowest BCUT2D eigenvalue weighted by atomic mass is 9.95. The molecule has 0 aliphatic carbocycles. The number of hydrogen-bond acceptors (Lipinski definition) is 8. The Kier molecular flexibility index (Phi) is 9.94. The summed E-state index contributed by atoms with van der Waals surface area (Å²) in [6.45, 7) is 7.29. The first-order chi connectivity index (χ1) is 20.6. The van der Waals surface area contributed by atoms with E-state index < -0.39 is 23.9 Å². The predicted molar refractivity (Wildman–Crippen MR) is 165 cm³/mol. The number of hydrogen-bond donors (Lipinski definition) is 3. The summed E-state index contributed by atoms with van der Waals surface area (Å²) >= 11 is 5.32. The van der Waals surface area contributed by atoms with Crippen molar-refractivity contribution in [3.05, 3.63) is 93.9 Å². The second-order valence-corrected chi connectivity index (χ2v) is 10.0. The van der Waals surface area contributed by atoms with Crippen molar-refractivity contribution in [1.29, 1.82) is 0 Å². The van der Waals surface area contributed by atoms with Gasteiger partial charge in [-0.15, -0.1) is 0 Å². The molecule has 12 heteroatoms. The molecule has 0 saturated heterocycles. The third-order valence-electron chi connectivity index (χ3n) is 6.76. The Morgan fingerprint density at radius 2 is 1.79 bits per heavy atom. The van der Waals surface area contributed by atoms with Crippen LogP contribution in [0.3, 0.4) is 0 Å². The molecule has 1 aliphatic rings. The molecule has 0 radical (unpaired) electrons. The van der Waals surface area contributed by atoms with Crippen molar-refractivity contribution in [2.45, 2.75) is 33.7 Å². The summed E-state index contributed by atoms with van der Waals surface area (Å²) in [6.07, 6.45) is 1.56. The molecule has 2 aromatic carbocycles. The van der Waals surface area contributed by atoms with Crippen LogP contribution in [0.2, 0.25) is 0 Å². The lowest BCUT2D eigenvalue weighted by Crippen LogP contribution is -2.45. The first-order valence-electron chi connectivity index (χ1n) is 13.5. The second-order valence-electron chi connectivity index (χ2n) is 9.61. The van der Waals surface area contributed by atoms with Crippen molar-refractivity contribution >= 4 is 41.4 Å². The van der Waals surface area contributed by atoms with E-state index in [4.69, 9.17) is 26.4 Å². The van der Waals surface area contributed by atoms with Gasteiger partial charge in [-0.3, -0.25) is 4.79 Å². The Balaban J connectivity index is 1.43. The molecule has 2 heterocycles. The van der Waals surface area contributed by atoms with Crippen LogP contribution in [-0.2, 0) is 19.1 Å². The van der Waals surface area contributed by atoms with E-state index in [0.29, 0.717) is 33.3 Å². The zero-order chi connectivity index (χ0) is 31.1. The van der Waals surface area contributed by atoms with Crippen LogP contribution in [0.1, 0.15) is 52.8 Å². The molecule has 1 amide bonds. The van der Waals surface area contributed by atoms with Gasteiger partial charge in [0.25, 0.3) is 5.91 Å². The fourth-order valence-corrected chi connectivity index (χ4v) is 5.06. The van der Waals surface area contributed by atoms with Crippen molar-refractivity contribution in [2.75, 3.05) is 20.3 Å². The zero-order valence-corrected chi connectivity index (χ0v) is 25.3. The van der Waals surface area contributed by atoms with E-state index in [1.807, 2.05) is 36.6 Å². The number of carbonyl (C=O) groups is 3. The molecule has 4 rings (SSSR count). The molecule has 0 fully saturated rings. The molecule has 1 aromatic heterocycles. The largest absolute Gasteiger partial charge is 0.483 e. The average molecular weight is 604 g/mol. The van der Waals surface area contributed by atoms with E-state index in [0.717, 1.165) is 22.6 Å². The molecule has 0 saturated carbocycles. The number of rotatable bonds is 10. The minimum Gasteiger partial charge on any atom is -0.483 e. The van der Waals surface area contributed by atoms with Gasteiger partial charge in [0, 0.05) is 33.9 Å². The number of allylic oxidation sites excluding steroid dienone is 1. The van der Waals surface area contributed by atoms with Crippen molar-refractivity contribution in [2.24, 2.45) is 5.10 Å². The zero-order valence-electron chi connectivity index (χ0n) is 24.5. The van der Waals surface area contributed by atoms with E-state index in [1.165, 1.54) is 7.11 Å². The molecule has 43 heavy (non-hydrogen) atoms. The molecule has 11 nitrogen and oxygen atoms in total. The smallest absolute Gasteiger partial charge is 0.338 e. The summed E-state index contributed by atoms with van der Waals surface area (Å²) in [5, 5.41) is 10.5. The molecule has 0 spiro atoms. The van der Waals surface area contributed by atoms with E-state index >= 15 is 0 Å². The number of para-hydroxylation sites is 1. The van der Waals surface area contributed by atoms with E-state index in [2.05, 4.69) is 21.2 Å². The number of benzene rings is 2. The number of ether oxygens (including phenoxy) is 3. The minimum atomic E-state index is -0.628. The first kappa shape index (κ1) is 31.0. The van der Waals surface area contributed by atoms with Crippen molar-refractivity contribution < 1.29 is 28.6 Å². The Labute approximate surface area is 254 Å². The molecule has 1 aliphatic heterocycles. The van der Waals surface area contributed by atoms with Gasteiger partial charge in [-0.25, -0.2) is 15.0 Å². The summed E-state index contributed by atoms with van der Waals surface area (Å²) in [6, 6.07) is 15.5. The monoisotopic (exact) mass is 603 g/mol. The van der Waals surface area contributed by atoms with E-state index in [9.17, 15) is 14.4 Å². The van der Waals surface area contributed by atoms with Crippen molar-refractivity contribution in [1.82, 2.24) is 20.6 Å². The van der Waals surface area contributed by atoms with Crippen LogP contribution >= 0.6 is 12.2 Å². The highest BCUT2D eigenvalue weighted by atomic mass is 32.1. The van der Waals surface area contributed by atoms with Gasteiger partial charge in [-0.1, -0.05) is 18.2 Å². The summed E-state index contributed by atoms with van der Waals surface area (Å²) in [5.41, 5.74) is 8.07. The van der Waals surface area contributed by atoms with Gasteiger partial charge >= 0.3 is 11.9 Å². The SMILES string of the molecule is CCOC(=O)C1=C(C)NC(=S)N[C@H]1c1ccccc1OCC(=O)NN=Cc1cc(C)n(-c2ccc(C(=O)OC)cc2)c1C. The molecule has 0 bridgehead atoms. The number of carbonyl (C=O) groups excluding carboxylic acids is 3. The summed E-state index contributed by atoms with van der Waals surface area (Å²) in [4.78, 5) is 37.1. The molecule has 1 atom stereocenters. The van der Waals surface area contributed by atoms with E-state index in [1.54, 1.807) is 56.5 Å². The van der Waals surface area contributed by atoms with Crippen LogP contribution in [0.25, 0.3) is 5.69 Å². The van der Waals surface area contributed by atoms with Crippen LogP contribution in [0, 0.1) is 13.8 Å². The lowest BCUT2D eigenvalue weighted by Gasteiger charge is -2.30. The number of aromatic nitrogens is 1. The van der Waals surface area contributed by atoms with Crippen LogP contribution in [-0.4, -0.2) is 54.1 Å². The fourth-order valence-electron chi connectivity index (χ4n) is 4.79. The van der Waals surface area contributed by atoms with E-state index in [-0.39, 0.29) is 13.2 Å². The highest BCUT2D eigenvalue weighted by Gasteiger charge is 2.32. The molecular weight excluding hydrogens is 570 g/mol.